The van der Waals surface area contributed by atoms with Gasteiger partial charge in [0.1, 0.15) is 12.7 Å². The molecule has 0 heterocycles. The van der Waals surface area contributed by atoms with Crippen molar-refractivity contribution < 1.29 is 26.1 Å². The Morgan fingerprint density at radius 2 is 2.00 bits per heavy atom. The number of hydrogen-bond donors (Lipinski definition) is 1. The number of anilines is 1. The molecule has 102 valence electrons. The highest BCUT2D eigenvalue weighted by Gasteiger charge is 2.16. The Balaban J connectivity index is 2.72. The molecule has 18 heavy (non-hydrogen) atoms. The highest BCUT2D eigenvalue weighted by atomic mass is 32.2. The number of benzene rings is 1. The van der Waals surface area contributed by atoms with Crippen molar-refractivity contribution in [1.29, 1.82) is 0 Å². The zero-order chi connectivity index (χ0) is 13.9. The molecule has 0 aliphatic rings. The molecule has 0 amide bonds. The third-order valence-electron chi connectivity index (χ3n) is 1.88. The fraction of sp³-hybridized carbons (Fsp3) is 0.400. The van der Waals surface area contributed by atoms with Crippen LogP contribution in [0.4, 0.5) is 14.5 Å². The van der Waals surface area contributed by atoms with Crippen LogP contribution in [0.5, 0.6) is 5.75 Å². The molecule has 1 aromatic rings. The first-order valence-corrected chi connectivity index (χ1v) is 6.77. The Morgan fingerprint density at radius 1 is 1.39 bits per heavy atom. The van der Waals surface area contributed by atoms with E-state index in [4.69, 9.17) is 10.5 Å². The summed E-state index contributed by atoms with van der Waals surface area (Å²) in [5.74, 6) is -2.78. The smallest absolute Gasteiger partial charge is 0.264 e. The molecule has 1 unspecified atom stereocenters. The van der Waals surface area contributed by atoms with Gasteiger partial charge < -0.3 is 10.5 Å². The molecule has 0 saturated heterocycles. The maximum Gasteiger partial charge on any atom is 0.264 e. The topological polar surface area (TPSA) is 78.6 Å². The molecule has 0 bridgehead atoms. The van der Waals surface area contributed by atoms with Gasteiger partial charge in [-0.15, -0.1) is 0 Å². The van der Waals surface area contributed by atoms with E-state index in [1.165, 1.54) is 6.92 Å². The SMILES string of the molecule is CC(COc1c(N)ccc(F)c1F)OS(C)(=O)=O. The van der Waals surface area contributed by atoms with Crippen molar-refractivity contribution in [2.75, 3.05) is 18.6 Å². The van der Waals surface area contributed by atoms with Crippen LogP contribution in [-0.2, 0) is 14.3 Å². The summed E-state index contributed by atoms with van der Waals surface area (Å²) in [5.41, 5.74) is 5.33. The molecule has 8 heteroatoms. The number of nitrogens with two attached hydrogens (primary N) is 1. The minimum atomic E-state index is -3.64. The van der Waals surface area contributed by atoms with E-state index in [0.717, 1.165) is 18.4 Å². The third kappa shape index (κ3) is 4.11. The largest absolute Gasteiger partial charge is 0.485 e. The number of hydrogen-bond acceptors (Lipinski definition) is 5. The van der Waals surface area contributed by atoms with Crippen molar-refractivity contribution in [1.82, 2.24) is 0 Å². The molecular weight excluding hydrogens is 268 g/mol. The third-order valence-corrected chi connectivity index (χ3v) is 2.56. The van der Waals surface area contributed by atoms with E-state index >= 15 is 0 Å². The molecule has 0 aliphatic carbocycles. The number of halogens is 2. The molecule has 0 aromatic heterocycles. The zero-order valence-electron chi connectivity index (χ0n) is 9.81. The van der Waals surface area contributed by atoms with Gasteiger partial charge in [0.15, 0.2) is 11.6 Å². The quantitative estimate of drug-likeness (QED) is 0.650. The number of ether oxygens (including phenoxy) is 1. The van der Waals surface area contributed by atoms with Crippen LogP contribution in [0.3, 0.4) is 0 Å². The lowest BCUT2D eigenvalue weighted by Gasteiger charge is -2.14. The van der Waals surface area contributed by atoms with Crippen LogP contribution in [0.25, 0.3) is 0 Å². The molecule has 1 atom stereocenters. The lowest BCUT2D eigenvalue weighted by Crippen LogP contribution is -2.22. The molecule has 5 nitrogen and oxygen atoms in total. The fourth-order valence-corrected chi connectivity index (χ4v) is 1.87. The summed E-state index contributed by atoms with van der Waals surface area (Å²) in [6, 6.07) is 2.02. The summed E-state index contributed by atoms with van der Waals surface area (Å²) in [6.45, 7) is 1.13. The molecule has 2 N–H and O–H groups in total. The molecule has 1 rings (SSSR count). The van der Waals surface area contributed by atoms with Gasteiger partial charge >= 0.3 is 0 Å². The van der Waals surface area contributed by atoms with Gasteiger partial charge in [-0.05, 0) is 19.1 Å². The van der Waals surface area contributed by atoms with E-state index in [1.54, 1.807) is 0 Å². The van der Waals surface area contributed by atoms with Crippen LogP contribution in [0, 0.1) is 11.6 Å². The van der Waals surface area contributed by atoms with Crippen molar-refractivity contribution in [2.24, 2.45) is 0 Å². The van der Waals surface area contributed by atoms with E-state index in [2.05, 4.69) is 4.18 Å². The Morgan fingerprint density at radius 3 is 2.56 bits per heavy atom. The molecule has 0 aliphatic heterocycles. The minimum absolute atomic E-state index is 0.0829. The van der Waals surface area contributed by atoms with Crippen molar-refractivity contribution in [3.63, 3.8) is 0 Å². The lowest BCUT2D eigenvalue weighted by atomic mass is 10.2. The highest BCUT2D eigenvalue weighted by molar-refractivity contribution is 7.86. The summed E-state index contributed by atoms with van der Waals surface area (Å²) < 4.78 is 57.3. The van der Waals surface area contributed by atoms with E-state index in [1.807, 2.05) is 0 Å². The first-order valence-electron chi connectivity index (χ1n) is 4.95. The molecular formula is C10H13F2NO4S. The van der Waals surface area contributed by atoms with Gasteiger partial charge in [0.05, 0.1) is 11.9 Å². The summed E-state index contributed by atoms with van der Waals surface area (Å²) in [6.07, 6.45) is 0.0303. The second-order valence-electron chi connectivity index (χ2n) is 3.70. The Kier molecular flexibility index (Phi) is 4.47. The molecule has 0 fully saturated rings. The molecule has 0 saturated carbocycles. The van der Waals surface area contributed by atoms with Crippen molar-refractivity contribution in [3.05, 3.63) is 23.8 Å². The van der Waals surface area contributed by atoms with E-state index in [-0.39, 0.29) is 12.3 Å². The van der Waals surface area contributed by atoms with Crippen molar-refractivity contribution >= 4 is 15.8 Å². The Bertz CT molecular complexity index is 533. The fourth-order valence-electron chi connectivity index (χ4n) is 1.22. The van der Waals surface area contributed by atoms with E-state index in [9.17, 15) is 17.2 Å². The molecule has 1 aromatic carbocycles. The van der Waals surface area contributed by atoms with Gasteiger partial charge in [0, 0.05) is 0 Å². The van der Waals surface area contributed by atoms with Gasteiger partial charge in [0.25, 0.3) is 10.1 Å². The van der Waals surface area contributed by atoms with Gasteiger partial charge in [0.2, 0.25) is 5.82 Å². The van der Waals surface area contributed by atoms with Crippen molar-refractivity contribution in [3.8, 4) is 5.75 Å². The summed E-state index contributed by atoms with van der Waals surface area (Å²) in [5, 5.41) is 0. The van der Waals surface area contributed by atoms with E-state index < -0.39 is 33.6 Å². The van der Waals surface area contributed by atoms with Crippen LogP contribution < -0.4 is 10.5 Å². The predicted octanol–water partition coefficient (Wildman–Crippen LogP) is 1.29. The maximum atomic E-state index is 13.3. The average molecular weight is 281 g/mol. The minimum Gasteiger partial charge on any atom is -0.485 e. The summed E-state index contributed by atoms with van der Waals surface area (Å²) in [4.78, 5) is 0. The number of nitrogen functional groups attached to an aromatic ring is 1. The summed E-state index contributed by atoms with van der Waals surface area (Å²) in [7, 11) is -3.64. The van der Waals surface area contributed by atoms with Crippen LogP contribution >= 0.6 is 0 Å². The van der Waals surface area contributed by atoms with Gasteiger partial charge in [-0.3, -0.25) is 4.18 Å². The van der Waals surface area contributed by atoms with Gasteiger partial charge in [-0.1, -0.05) is 0 Å². The summed E-state index contributed by atoms with van der Waals surface area (Å²) >= 11 is 0. The van der Waals surface area contributed by atoms with Crippen LogP contribution in [0.2, 0.25) is 0 Å². The molecule has 0 spiro atoms. The number of rotatable bonds is 5. The lowest BCUT2D eigenvalue weighted by molar-refractivity contribution is 0.146. The highest BCUT2D eigenvalue weighted by Crippen LogP contribution is 2.27. The maximum absolute atomic E-state index is 13.3. The Hall–Kier alpha value is -1.41. The molecule has 0 radical (unpaired) electrons. The van der Waals surface area contributed by atoms with Crippen LogP contribution in [0.15, 0.2) is 12.1 Å². The second kappa shape index (κ2) is 5.49. The van der Waals surface area contributed by atoms with Crippen LogP contribution in [-0.4, -0.2) is 27.4 Å². The second-order valence-corrected chi connectivity index (χ2v) is 5.30. The first kappa shape index (κ1) is 14.7. The Labute approximate surface area is 104 Å². The van der Waals surface area contributed by atoms with E-state index in [0.29, 0.717) is 0 Å². The van der Waals surface area contributed by atoms with Crippen LogP contribution in [0.1, 0.15) is 6.92 Å². The normalized spacial score (nSPS) is 13.3. The first-order chi connectivity index (χ1) is 8.20. The standard InChI is InChI=1S/C10H13F2NO4S/c1-6(17-18(2,14)15)5-16-10-8(13)4-3-7(11)9(10)12/h3-4,6H,5,13H2,1-2H3. The van der Waals surface area contributed by atoms with Crippen molar-refractivity contribution in [2.45, 2.75) is 13.0 Å². The zero-order valence-corrected chi connectivity index (χ0v) is 10.6. The average Bonchev–Trinajstić information content (AvgIpc) is 2.21. The van der Waals surface area contributed by atoms with Gasteiger partial charge in [-0.2, -0.15) is 12.8 Å². The predicted molar refractivity (Wildman–Crippen MR) is 61.7 cm³/mol. The monoisotopic (exact) mass is 281 g/mol. The van der Waals surface area contributed by atoms with Gasteiger partial charge in [-0.25, -0.2) is 4.39 Å².